The summed E-state index contributed by atoms with van der Waals surface area (Å²) >= 11 is 6.15. The Morgan fingerprint density at radius 3 is 2.44 bits per heavy atom. The minimum Gasteiger partial charge on any atom is -0.223 e. The number of aryl methyl sites for hydroxylation is 1. The van der Waals surface area contributed by atoms with Crippen LogP contribution >= 0.6 is 11.6 Å². The number of fused-ring (bicyclic) bond motifs is 1. The summed E-state index contributed by atoms with van der Waals surface area (Å²) in [5.74, 6) is 0.188. The standard InChI is InChI=1S/C30H22ClFN4/c1-19-6-4-7-21(16-19)27-18-28(22-8-5-9-24(32)17-22)36(35-27)30-33-26-11-3-2-10-25(26)29(34-30)20-12-14-23(31)15-13-20/h2-17,28H,18H2,1H3/t28-/m1/s1. The number of hydrogen-bond donors (Lipinski definition) is 0. The summed E-state index contributed by atoms with van der Waals surface area (Å²) in [5, 5.41) is 8.43. The van der Waals surface area contributed by atoms with E-state index in [9.17, 15) is 4.39 Å². The predicted octanol–water partition coefficient (Wildman–Crippen LogP) is 7.75. The molecule has 176 valence electrons. The van der Waals surface area contributed by atoms with Crippen LogP contribution in [0.15, 0.2) is 102 Å². The Labute approximate surface area is 213 Å². The normalized spacial score (nSPS) is 15.4. The lowest BCUT2D eigenvalue weighted by atomic mass is 9.97. The second-order valence-corrected chi connectivity index (χ2v) is 9.37. The van der Waals surface area contributed by atoms with Gasteiger partial charge in [0, 0.05) is 22.4 Å². The van der Waals surface area contributed by atoms with Gasteiger partial charge in [-0.15, -0.1) is 0 Å². The topological polar surface area (TPSA) is 41.4 Å². The number of para-hydroxylation sites is 1. The van der Waals surface area contributed by atoms with Crippen LogP contribution in [0.2, 0.25) is 5.02 Å². The summed E-state index contributed by atoms with van der Waals surface area (Å²) in [6.45, 7) is 2.06. The van der Waals surface area contributed by atoms with Crippen molar-refractivity contribution in [3.05, 3.63) is 125 Å². The zero-order valence-electron chi connectivity index (χ0n) is 19.6. The number of hydrazone groups is 1. The first-order valence-electron chi connectivity index (χ1n) is 11.8. The maximum atomic E-state index is 14.3. The van der Waals surface area contributed by atoms with E-state index < -0.39 is 0 Å². The van der Waals surface area contributed by atoms with E-state index in [0.717, 1.165) is 44.6 Å². The van der Waals surface area contributed by atoms with Gasteiger partial charge in [0.25, 0.3) is 0 Å². The van der Waals surface area contributed by atoms with Crippen LogP contribution in [0, 0.1) is 12.7 Å². The monoisotopic (exact) mass is 492 g/mol. The number of halogens is 2. The average Bonchev–Trinajstić information content (AvgIpc) is 3.34. The molecule has 1 atom stereocenters. The summed E-state index contributed by atoms with van der Waals surface area (Å²) in [4.78, 5) is 9.89. The number of rotatable bonds is 4. The minimum absolute atomic E-state index is 0.240. The summed E-state index contributed by atoms with van der Waals surface area (Å²) in [7, 11) is 0. The van der Waals surface area contributed by atoms with Gasteiger partial charge in [-0.25, -0.2) is 19.4 Å². The van der Waals surface area contributed by atoms with Crippen LogP contribution in [0.1, 0.15) is 29.2 Å². The summed E-state index contributed by atoms with van der Waals surface area (Å²) < 4.78 is 14.3. The highest BCUT2D eigenvalue weighted by atomic mass is 35.5. The van der Waals surface area contributed by atoms with E-state index in [2.05, 4.69) is 25.1 Å². The third-order valence-corrected chi connectivity index (χ3v) is 6.66. The summed E-state index contributed by atoms with van der Waals surface area (Å²) in [5.41, 5.74) is 6.47. The molecule has 0 bridgehead atoms. The van der Waals surface area contributed by atoms with Gasteiger partial charge in [-0.2, -0.15) is 5.10 Å². The van der Waals surface area contributed by atoms with Crippen LogP contribution in [0.5, 0.6) is 0 Å². The third-order valence-electron chi connectivity index (χ3n) is 6.41. The number of anilines is 1. The van der Waals surface area contributed by atoms with Crippen molar-refractivity contribution in [2.45, 2.75) is 19.4 Å². The van der Waals surface area contributed by atoms with Crippen molar-refractivity contribution in [3.63, 3.8) is 0 Å². The van der Waals surface area contributed by atoms with Gasteiger partial charge >= 0.3 is 0 Å². The molecule has 0 N–H and O–H groups in total. The fraction of sp³-hybridized carbons (Fsp3) is 0.100. The van der Waals surface area contributed by atoms with Gasteiger partial charge in [0.2, 0.25) is 5.95 Å². The molecule has 1 aliphatic rings. The minimum atomic E-state index is -0.280. The molecule has 0 saturated heterocycles. The van der Waals surface area contributed by atoms with Crippen LogP contribution < -0.4 is 5.01 Å². The van der Waals surface area contributed by atoms with Crippen molar-refractivity contribution in [2.75, 3.05) is 5.01 Å². The van der Waals surface area contributed by atoms with E-state index in [4.69, 9.17) is 26.7 Å². The molecule has 5 aromatic rings. The molecule has 0 aliphatic carbocycles. The van der Waals surface area contributed by atoms with Gasteiger partial charge in [0.05, 0.1) is 23.0 Å². The van der Waals surface area contributed by atoms with E-state index in [1.54, 1.807) is 12.1 Å². The van der Waals surface area contributed by atoms with Crippen LogP contribution in [0.25, 0.3) is 22.2 Å². The van der Waals surface area contributed by atoms with E-state index in [1.807, 2.05) is 65.7 Å². The molecule has 4 nitrogen and oxygen atoms in total. The van der Waals surface area contributed by atoms with Gasteiger partial charge in [0.1, 0.15) is 5.82 Å². The lowest BCUT2D eigenvalue weighted by Crippen LogP contribution is -2.21. The Morgan fingerprint density at radius 1 is 0.833 bits per heavy atom. The Morgan fingerprint density at radius 2 is 1.64 bits per heavy atom. The maximum Gasteiger partial charge on any atom is 0.247 e. The molecule has 0 radical (unpaired) electrons. The van der Waals surface area contributed by atoms with Crippen LogP contribution in [-0.4, -0.2) is 15.7 Å². The fourth-order valence-electron chi connectivity index (χ4n) is 4.66. The first-order valence-corrected chi connectivity index (χ1v) is 12.1. The average molecular weight is 493 g/mol. The number of aromatic nitrogens is 2. The highest BCUT2D eigenvalue weighted by molar-refractivity contribution is 6.30. The molecular weight excluding hydrogens is 471 g/mol. The molecule has 0 unspecified atom stereocenters. The molecule has 1 aromatic heterocycles. The van der Waals surface area contributed by atoms with E-state index >= 15 is 0 Å². The molecular formula is C30H22ClFN4. The van der Waals surface area contributed by atoms with Crippen molar-refractivity contribution >= 4 is 34.2 Å². The molecule has 4 aromatic carbocycles. The molecule has 0 amide bonds. The molecule has 0 saturated carbocycles. The lowest BCUT2D eigenvalue weighted by Gasteiger charge is -2.23. The molecule has 36 heavy (non-hydrogen) atoms. The number of benzene rings is 4. The van der Waals surface area contributed by atoms with Gasteiger partial charge in [-0.05, 0) is 48.4 Å². The van der Waals surface area contributed by atoms with Crippen molar-refractivity contribution in [2.24, 2.45) is 5.10 Å². The fourth-order valence-corrected chi connectivity index (χ4v) is 4.79. The first-order chi connectivity index (χ1) is 17.5. The summed E-state index contributed by atoms with van der Waals surface area (Å²) in [6.07, 6.45) is 0.610. The quantitative estimate of drug-likeness (QED) is 0.257. The van der Waals surface area contributed by atoms with Gasteiger partial charge in [0.15, 0.2) is 0 Å². The predicted molar refractivity (Wildman–Crippen MR) is 144 cm³/mol. The Bertz CT molecular complexity index is 1610. The molecule has 6 heteroatoms. The van der Waals surface area contributed by atoms with Crippen LogP contribution in [-0.2, 0) is 0 Å². The highest BCUT2D eigenvalue weighted by Gasteiger charge is 2.32. The third kappa shape index (κ3) is 4.23. The smallest absolute Gasteiger partial charge is 0.223 e. The Hall–Kier alpha value is -4.09. The van der Waals surface area contributed by atoms with Gasteiger partial charge in [-0.3, -0.25) is 0 Å². The van der Waals surface area contributed by atoms with E-state index in [1.165, 1.54) is 6.07 Å². The van der Waals surface area contributed by atoms with Crippen molar-refractivity contribution < 1.29 is 4.39 Å². The Balaban J connectivity index is 1.53. The lowest BCUT2D eigenvalue weighted by molar-refractivity contribution is 0.616. The zero-order chi connectivity index (χ0) is 24.6. The van der Waals surface area contributed by atoms with E-state index in [-0.39, 0.29) is 11.9 Å². The largest absolute Gasteiger partial charge is 0.247 e. The first kappa shape index (κ1) is 22.4. The molecule has 0 spiro atoms. The van der Waals surface area contributed by atoms with Gasteiger partial charge in [-0.1, -0.05) is 83.9 Å². The number of nitrogens with zero attached hydrogens (tertiary/aromatic N) is 4. The van der Waals surface area contributed by atoms with Crippen molar-refractivity contribution in [1.29, 1.82) is 0 Å². The second-order valence-electron chi connectivity index (χ2n) is 8.93. The molecule has 0 fully saturated rings. The molecule has 6 rings (SSSR count). The van der Waals surface area contributed by atoms with Crippen molar-refractivity contribution in [3.8, 4) is 11.3 Å². The number of hydrogen-bond acceptors (Lipinski definition) is 4. The maximum absolute atomic E-state index is 14.3. The zero-order valence-corrected chi connectivity index (χ0v) is 20.3. The summed E-state index contributed by atoms with van der Waals surface area (Å²) in [6, 6.07) is 30.2. The SMILES string of the molecule is Cc1cccc(C2=NN(c3nc(-c4ccc(Cl)cc4)c4ccccc4n3)[C@@H](c3cccc(F)c3)C2)c1. The Kier molecular flexibility index (Phi) is 5.70. The van der Waals surface area contributed by atoms with Crippen LogP contribution in [0.4, 0.5) is 10.3 Å². The molecule has 2 heterocycles. The second kappa shape index (κ2) is 9.17. The highest BCUT2D eigenvalue weighted by Crippen LogP contribution is 2.38. The van der Waals surface area contributed by atoms with Crippen LogP contribution in [0.3, 0.4) is 0 Å². The van der Waals surface area contributed by atoms with Crippen molar-refractivity contribution in [1.82, 2.24) is 9.97 Å². The van der Waals surface area contributed by atoms with Gasteiger partial charge < -0.3 is 0 Å². The molecule has 1 aliphatic heterocycles. The van der Waals surface area contributed by atoms with E-state index in [0.29, 0.717) is 17.4 Å².